The molecule has 1 aromatic rings. The van der Waals surface area contributed by atoms with Gasteiger partial charge >= 0.3 is 0 Å². The summed E-state index contributed by atoms with van der Waals surface area (Å²) in [7, 11) is 0. The summed E-state index contributed by atoms with van der Waals surface area (Å²) < 4.78 is 6.85. The number of rotatable bonds is 4. The van der Waals surface area contributed by atoms with E-state index in [1.54, 1.807) is 0 Å². The van der Waals surface area contributed by atoms with E-state index in [4.69, 9.17) is 10.5 Å². The Kier molecular flexibility index (Phi) is 3.87. The SMILES string of the molecule is CC1Cc2cc(CCCCN)cc(Br)c2O1. The Bertz CT molecular complexity index is 378. The molecule has 0 spiro atoms. The van der Waals surface area contributed by atoms with Crippen molar-refractivity contribution in [3.8, 4) is 5.75 Å². The molecule has 88 valence electrons. The molecule has 0 fully saturated rings. The molecule has 16 heavy (non-hydrogen) atoms. The van der Waals surface area contributed by atoms with Gasteiger partial charge in [-0.15, -0.1) is 0 Å². The van der Waals surface area contributed by atoms with Gasteiger partial charge in [0.15, 0.2) is 0 Å². The second-order valence-corrected chi connectivity index (χ2v) is 5.30. The highest BCUT2D eigenvalue weighted by molar-refractivity contribution is 9.10. The largest absolute Gasteiger partial charge is 0.489 e. The van der Waals surface area contributed by atoms with E-state index < -0.39 is 0 Å². The minimum absolute atomic E-state index is 0.311. The van der Waals surface area contributed by atoms with Gasteiger partial charge in [-0.05, 0) is 65.9 Å². The zero-order valence-electron chi connectivity index (χ0n) is 9.63. The fourth-order valence-corrected chi connectivity index (χ4v) is 2.81. The minimum atomic E-state index is 0.311. The summed E-state index contributed by atoms with van der Waals surface area (Å²) in [5, 5.41) is 0. The van der Waals surface area contributed by atoms with Gasteiger partial charge in [-0.25, -0.2) is 0 Å². The molecular weight excluding hydrogens is 266 g/mol. The zero-order chi connectivity index (χ0) is 11.5. The molecule has 2 nitrogen and oxygen atoms in total. The number of halogens is 1. The van der Waals surface area contributed by atoms with Gasteiger partial charge in [0.05, 0.1) is 4.47 Å². The van der Waals surface area contributed by atoms with Crippen LogP contribution in [-0.2, 0) is 12.8 Å². The van der Waals surface area contributed by atoms with E-state index in [2.05, 4.69) is 35.0 Å². The van der Waals surface area contributed by atoms with Gasteiger partial charge in [0.25, 0.3) is 0 Å². The van der Waals surface area contributed by atoms with Gasteiger partial charge in [0.1, 0.15) is 11.9 Å². The van der Waals surface area contributed by atoms with Gasteiger partial charge in [-0.1, -0.05) is 6.07 Å². The topological polar surface area (TPSA) is 35.2 Å². The average Bonchev–Trinajstić information content (AvgIpc) is 2.60. The zero-order valence-corrected chi connectivity index (χ0v) is 11.2. The summed E-state index contributed by atoms with van der Waals surface area (Å²) >= 11 is 3.58. The molecule has 1 aromatic carbocycles. The maximum Gasteiger partial charge on any atom is 0.137 e. The number of aryl methyl sites for hydroxylation is 1. The number of nitrogens with two attached hydrogens (primary N) is 1. The molecule has 0 aromatic heterocycles. The second kappa shape index (κ2) is 5.19. The lowest BCUT2D eigenvalue weighted by Crippen LogP contribution is -2.05. The average molecular weight is 284 g/mol. The Morgan fingerprint density at radius 3 is 3.00 bits per heavy atom. The minimum Gasteiger partial charge on any atom is -0.489 e. The summed E-state index contributed by atoms with van der Waals surface area (Å²) in [6.45, 7) is 2.90. The van der Waals surface area contributed by atoms with Gasteiger partial charge < -0.3 is 10.5 Å². The third kappa shape index (κ3) is 2.58. The Hall–Kier alpha value is -0.540. The van der Waals surface area contributed by atoms with Crippen LogP contribution in [0.25, 0.3) is 0 Å². The van der Waals surface area contributed by atoms with Gasteiger partial charge in [0.2, 0.25) is 0 Å². The lowest BCUT2D eigenvalue weighted by atomic mass is 10.0. The van der Waals surface area contributed by atoms with Crippen molar-refractivity contribution in [1.29, 1.82) is 0 Å². The van der Waals surface area contributed by atoms with E-state index in [1.165, 1.54) is 11.1 Å². The van der Waals surface area contributed by atoms with E-state index in [0.717, 1.165) is 42.5 Å². The van der Waals surface area contributed by atoms with Crippen molar-refractivity contribution in [3.63, 3.8) is 0 Å². The van der Waals surface area contributed by atoms with Crippen LogP contribution in [-0.4, -0.2) is 12.6 Å². The van der Waals surface area contributed by atoms with E-state index in [1.807, 2.05) is 0 Å². The third-order valence-electron chi connectivity index (χ3n) is 2.93. The number of benzene rings is 1. The van der Waals surface area contributed by atoms with Crippen LogP contribution in [0.15, 0.2) is 16.6 Å². The van der Waals surface area contributed by atoms with Crippen LogP contribution in [0.5, 0.6) is 5.75 Å². The maximum atomic E-state index is 5.75. The normalized spacial score (nSPS) is 18.3. The smallest absolute Gasteiger partial charge is 0.137 e. The summed E-state index contributed by atoms with van der Waals surface area (Å²) in [5.74, 6) is 1.04. The molecule has 0 saturated heterocycles. The van der Waals surface area contributed by atoms with E-state index in [9.17, 15) is 0 Å². The molecule has 1 aliphatic rings. The number of ether oxygens (including phenoxy) is 1. The molecule has 3 heteroatoms. The van der Waals surface area contributed by atoms with Gasteiger partial charge in [-0.3, -0.25) is 0 Å². The highest BCUT2D eigenvalue weighted by atomic mass is 79.9. The number of hydrogen-bond acceptors (Lipinski definition) is 2. The quantitative estimate of drug-likeness (QED) is 0.862. The molecule has 1 heterocycles. The third-order valence-corrected chi connectivity index (χ3v) is 3.52. The molecule has 0 aliphatic carbocycles. The number of unbranched alkanes of at least 4 members (excludes halogenated alkanes) is 1. The lowest BCUT2D eigenvalue weighted by molar-refractivity contribution is 0.253. The van der Waals surface area contributed by atoms with Crippen LogP contribution in [0.3, 0.4) is 0 Å². The summed E-state index contributed by atoms with van der Waals surface area (Å²) in [6, 6.07) is 4.45. The van der Waals surface area contributed by atoms with Gasteiger partial charge in [0, 0.05) is 6.42 Å². The molecule has 0 saturated carbocycles. The Morgan fingerprint density at radius 2 is 2.25 bits per heavy atom. The van der Waals surface area contributed by atoms with Crippen molar-refractivity contribution in [3.05, 3.63) is 27.7 Å². The van der Waals surface area contributed by atoms with Crippen LogP contribution in [0, 0.1) is 0 Å². The predicted octanol–water partition coefficient (Wildman–Crippen LogP) is 3.05. The van der Waals surface area contributed by atoms with E-state index in [0.29, 0.717) is 6.10 Å². The van der Waals surface area contributed by atoms with Crippen molar-refractivity contribution >= 4 is 15.9 Å². The molecule has 2 rings (SSSR count). The first-order chi connectivity index (χ1) is 7.70. The highest BCUT2D eigenvalue weighted by Crippen LogP contribution is 2.37. The standard InChI is InChI=1S/C13H18BrNO/c1-9-6-11-7-10(4-2-3-5-15)8-12(14)13(11)16-9/h7-9H,2-6,15H2,1H3. The fourth-order valence-electron chi connectivity index (χ4n) is 2.17. The molecule has 2 N–H and O–H groups in total. The van der Waals surface area contributed by atoms with Crippen LogP contribution in [0.1, 0.15) is 30.9 Å². The monoisotopic (exact) mass is 283 g/mol. The summed E-state index contributed by atoms with van der Waals surface area (Å²) in [5.41, 5.74) is 8.23. The summed E-state index contributed by atoms with van der Waals surface area (Å²) in [6.07, 6.45) is 4.71. The number of fused-ring (bicyclic) bond motifs is 1. The number of hydrogen-bond donors (Lipinski definition) is 1. The predicted molar refractivity (Wildman–Crippen MR) is 69.9 cm³/mol. The van der Waals surface area contributed by atoms with Crippen LogP contribution < -0.4 is 10.5 Å². The Labute approximate surface area is 105 Å². The molecule has 1 aliphatic heterocycles. The first kappa shape index (κ1) is 11.9. The Balaban J connectivity index is 2.12. The van der Waals surface area contributed by atoms with E-state index in [-0.39, 0.29) is 0 Å². The van der Waals surface area contributed by atoms with Crippen molar-refractivity contribution in [1.82, 2.24) is 0 Å². The molecular formula is C13H18BrNO. The molecule has 0 radical (unpaired) electrons. The molecule has 1 atom stereocenters. The van der Waals surface area contributed by atoms with Crippen molar-refractivity contribution in [2.24, 2.45) is 5.73 Å². The highest BCUT2D eigenvalue weighted by Gasteiger charge is 2.21. The fraction of sp³-hybridized carbons (Fsp3) is 0.538. The summed E-state index contributed by atoms with van der Waals surface area (Å²) in [4.78, 5) is 0. The van der Waals surface area contributed by atoms with Crippen molar-refractivity contribution in [2.75, 3.05) is 6.54 Å². The van der Waals surface area contributed by atoms with Crippen molar-refractivity contribution < 1.29 is 4.74 Å². The molecule has 0 amide bonds. The lowest BCUT2D eigenvalue weighted by Gasteiger charge is -2.07. The Morgan fingerprint density at radius 1 is 1.44 bits per heavy atom. The van der Waals surface area contributed by atoms with Crippen LogP contribution in [0.2, 0.25) is 0 Å². The van der Waals surface area contributed by atoms with E-state index >= 15 is 0 Å². The maximum absolute atomic E-state index is 5.75. The van der Waals surface area contributed by atoms with Crippen molar-refractivity contribution in [2.45, 2.75) is 38.7 Å². The second-order valence-electron chi connectivity index (χ2n) is 4.44. The molecule has 0 bridgehead atoms. The molecule has 1 unspecified atom stereocenters. The van der Waals surface area contributed by atoms with Crippen LogP contribution >= 0.6 is 15.9 Å². The van der Waals surface area contributed by atoms with Gasteiger partial charge in [-0.2, -0.15) is 0 Å². The first-order valence-electron chi connectivity index (χ1n) is 5.88. The van der Waals surface area contributed by atoms with Crippen LogP contribution in [0.4, 0.5) is 0 Å². The first-order valence-corrected chi connectivity index (χ1v) is 6.68.